The molecule has 0 radical (unpaired) electrons. The van der Waals surface area contributed by atoms with Crippen molar-refractivity contribution in [2.24, 2.45) is 0 Å². The van der Waals surface area contributed by atoms with Crippen molar-refractivity contribution in [1.29, 1.82) is 0 Å². The van der Waals surface area contributed by atoms with Crippen LogP contribution in [0.15, 0.2) is 9.59 Å². The highest BCUT2D eigenvalue weighted by molar-refractivity contribution is 6.71. The largest absolute Gasteiger partial charge is 0.539 e. The Labute approximate surface area is 97.2 Å². The summed E-state index contributed by atoms with van der Waals surface area (Å²) in [4.78, 5) is 22.7. The molecule has 1 aromatic rings. The smallest absolute Gasteiger partial charge is 0.274 e. The number of hydrogen-bond donors (Lipinski definition) is 0. The molecule has 16 heavy (non-hydrogen) atoms. The van der Waals surface area contributed by atoms with Crippen molar-refractivity contribution in [3.63, 3.8) is 0 Å². The van der Waals surface area contributed by atoms with Crippen molar-refractivity contribution >= 4 is 16.6 Å². The highest BCUT2D eigenvalue weighted by Gasteiger charge is 2.32. The van der Waals surface area contributed by atoms with Crippen molar-refractivity contribution in [1.82, 2.24) is 0 Å². The fourth-order valence-electron chi connectivity index (χ4n) is 1.15. The van der Waals surface area contributed by atoms with E-state index in [0.29, 0.717) is 0 Å². The minimum atomic E-state index is -1.87. The lowest BCUT2D eigenvalue weighted by atomic mass is 10.2. The molecule has 0 fully saturated rings. The zero-order valence-electron chi connectivity index (χ0n) is 10.6. The van der Waals surface area contributed by atoms with E-state index in [1.807, 2.05) is 39.3 Å². The Balaban J connectivity index is 3.00. The Morgan fingerprint density at radius 1 is 0.688 bits per heavy atom. The van der Waals surface area contributed by atoms with Crippen LogP contribution in [0.1, 0.15) is 0 Å². The van der Waals surface area contributed by atoms with Crippen molar-refractivity contribution in [3.05, 3.63) is 20.4 Å². The zero-order valence-corrected chi connectivity index (χ0v) is 12.6. The minimum Gasteiger partial charge on any atom is -0.539 e. The van der Waals surface area contributed by atoms with E-state index in [0.717, 1.165) is 0 Å². The predicted octanol–water partition coefficient (Wildman–Crippen LogP) is 1.71. The van der Waals surface area contributed by atoms with Gasteiger partial charge in [0.25, 0.3) is 10.9 Å². The number of hydrogen-bond acceptors (Lipinski definition) is 4. The molecule has 0 spiro atoms. The molecule has 4 nitrogen and oxygen atoms in total. The quantitative estimate of drug-likeness (QED) is 0.609. The Kier molecular flexibility index (Phi) is 3.17. The third kappa shape index (κ3) is 3.05. The SMILES string of the molecule is C[Si](C)(C)Oc1c(O[Si](C)(C)C)c(=O)c1=O. The van der Waals surface area contributed by atoms with Crippen LogP contribution in [-0.2, 0) is 0 Å². The van der Waals surface area contributed by atoms with Gasteiger partial charge in [-0.25, -0.2) is 0 Å². The molecular weight excluding hydrogens is 240 g/mol. The van der Waals surface area contributed by atoms with Gasteiger partial charge in [0.1, 0.15) is 0 Å². The van der Waals surface area contributed by atoms with Crippen LogP contribution in [0.5, 0.6) is 11.5 Å². The summed E-state index contributed by atoms with van der Waals surface area (Å²) in [6, 6.07) is 0. The van der Waals surface area contributed by atoms with E-state index in [9.17, 15) is 9.59 Å². The molecule has 90 valence electrons. The second kappa shape index (κ2) is 3.85. The third-order valence-corrected chi connectivity index (χ3v) is 3.27. The second-order valence-electron chi connectivity index (χ2n) is 5.75. The lowest BCUT2D eigenvalue weighted by molar-refractivity contribution is 0.468. The molecule has 0 heterocycles. The Bertz CT molecular complexity index is 414. The average molecular weight is 258 g/mol. The summed E-state index contributed by atoms with van der Waals surface area (Å²) in [5, 5.41) is 0. The first kappa shape index (κ1) is 13.2. The standard InChI is InChI=1S/C10H18O4Si2/c1-15(2,3)13-9-7(11)8(12)10(9)14-16(4,5)6/h1-6H3. The van der Waals surface area contributed by atoms with Gasteiger partial charge in [-0.05, 0) is 39.3 Å². The van der Waals surface area contributed by atoms with E-state index in [2.05, 4.69) is 0 Å². The summed E-state index contributed by atoms with van der Waals surface area (Å²) >= 11 is 0. The van der Waals surface area contributed by atoms with Gasteiger partial charge in [0.15, 0.2) is 0 Å². The van der Waals surface area contributed by atoms with Crippen molar-refractivity contribution in [2.45, 2.75) is 39.3 Å². The van der Waals surface area contributed by atoms with E-state index in [-0.39, 0.29) is 11.5 Å². The molecule has 0 saturated heterocycles. The van der Waals surface area contributed by atoms with Crippen molar-refractivity contribution in [2.75, 3.05) is 0 Å². The maximum atomic E-state index is 11.4. The molecular formula is C10H18O4Si2. The van der Waals surface area contributed by atoms with Crippen LogP contribution in [0.25, 0.3) is 0 Å². The van der Waals surface area contributed by atoms with Crippen molar-refractivity contribution in [3.8, 4) is 11.5 Å². The molecule has 0 unspecified atom stereocenters. The van der Waals surface area contributed by atoms with Crippen LogP contribution >= 0.6 is 0 Å². The van der Waals surface area contributed by atoms with Crippen LogP contribution in [-0.4, -0.2) is 16.6 Å². The first-order valence-electron chi connectivity index (χ1n) is 5.22. The van der Waals surface area contributed by atoms with Gasteiger partial charge in [-0.2, -0.15) is 0 Å². The Morgan fingerprint density at radius 2 is 0.938 bits per heavy atom. The Hall–Kier alpha value is -0.886. The maximum absolute atomic E-state index is 11.4. The van der Waals surface area contributed by atoms with Crippen LogP contribution in [0.3, 0.4) is 0 Å². The lowest BCUT2D eigenvalue weighted by Crippen LogP contribution is -2.43. The monoisotopic (exact) mass is 258 g/mol. The molecule has 0 N–H and O–H groups in total. The van der Waals surface area contributed by atoms with E-state index < -0.39 is 27.5 Å². The second-order valence-corrected chi connectivity index (χ2v) is 14.6. The molecule has 0 aliphatic rings. The molecule has 1 rings (SSSR count). The third-order valence-electron chi connectivity index (χ3n) is 1.64. The molecule has 0 aromatic heterocycles. The fraction of sp³-hybridized carbons (Fsp3) is 0.600. The molecule has 0 saturated carbocycles. The van der Waals surface area contributed by atoms with Crippen LogP contribution in [0, 0.1) is 0 Å². The average Bonchev–Trinajstić information content (AvgIpc) is 2.07. The highest BCUT2D eigenvalue weighted by Crippen LogP contribution is 2.26. The highest BCUT2D eigenvalue weighted by atomic mass is 28.4. The van der Waals surface area contributed by atoms with Gasteiger partial charge in [-0.3, -0.25) is 9.59 Å². The summed E-state index contributed by atoms with van der Waals surface area (Å²) in [6.45, 7) is 11.8. The molecule has 0 bridgehead atoms. The topological polar surface area (TPSA) is 52.6 Å². The van der Waals surface area contributed by atoms with E-state index in [4.69, 9.17) is 8.85 Å². The predicted molar refractivity (Wildman–Crippen MR) is 69.3 cm³/mol. The summed E-state index contributed by atoms with van der Waals surface area (Å²) in [5.41, 5.74) is -1.09. The van der Waals surface area contributed by atoms with Gasteiger partial charge in [-0.15, -0.1) is 0 Å². The molecule has 1 aromatic carbocycles. The summed E-state index contributed by atoms with van der Waals surface area (Å²) in [7, 11) is -3.75. The molecule has 0 aliphatic carbocycles. The van der Waals surface area contributed by atoms with Gasteiger partial charge in [0, 0.05) is 0 Å². The van der Waals surface area contributed by atoms with Gasteiger partial charge >= 0.3 is 0 Å². The fourth-order valence-corrected chi connectivity index (χ4v) is 2.74. The van der Waals surface area contributed by atoms with E-state index in [1.165, 1.54) is 0 Å². The van der Waals surface area contributed by atoms with Gasteiger partial charge < -0.3 is 8.85 Å². The van der Waals surface area contributed by atoms with Crippen LogP contribution in [0.2, 0.25) is 39.3 Å². The first-order chi connectivity index (χ1) is 7.01. The lowest BCUT2D eigenvalue weighted by Gasteiger charge is -2.25. The van der Waals surface area contributed by atoms with Gasteiger partial charge in [0.05, 0.1) is 0 Å². The minimum absolute atomic E-state index is 0.145. The molecule has 6 heteroatoms. The molecule has 0 atom stereocenters. The maximum Gasteiger partial charge on any atom is 0.274 e. The normalized spacial score (nSPS) is 12.9. The van der Waals surface area contributed by atoms with Crippen molar-refractivity contribution < 1.29 is 8.85 Å². The zero-order chi connectivity index (χ0) is 12.7. The molecule has 0 amide bonds. The van der Waals surface area contributed by atoms with Gasteiger partial charge in [0.2, 0.25) is 28.1 Å². The van der Waals surface area contributed by atoms with E-state index in [1.54, 1.807) is 0 Å². The molecule has 0 aliphatic heterocycles. The van der Waals surface area contributed by atoms with E-state index >= 15 is 0 Å². The summed E-state index contributed by atoms with van der Waals surface area (Å²) < 4.78 is 11.1. The summed E-state index contributed by atoms with van der Waals surface area (Å²) in [6.07, 6.45) is 0. The van der Waals surface area contributed by atoms with Crippen LogP contribution in [0.4, 0.5) is 0 Å². The van der Waals surface area contributed by atoms with Crippen LogP contribution < -0.4 is 19.7 Å². The number of rotatable bonds is 4. The Morgan fingerprint density at radius 3 is 1.12 bits per heavy atom. The van der Waals surface area contributed by atoms with Gasteiger partial charge in [-0.1, -0.05) is 0 Å². The first-order valence-corrected chi connectivity index (χ1v) is 12.0. The summed E-state index contributed by atoms with van der Waals surface area (Å²) in [5.74, 6) is 0.290.